The van der Waals surface area contributed by atoms with E-state index in [2.05, 4.69) is 44.4 Å². The highest BCUT2D eigenvalue weighted by atomic mass is 32.1. The van der Waals surface area contributed by atoms with Crippen LogP contribution in [-0.4, -0.2) is 27.0 Å². The zero-order valence-corrected chi connectivity index (χ0v) is 15.7. The van der Waals surface area contributed by atoms with Crippen LogP contribution in [0.25, 0.3) is 10.2 Å². The molecule has 2 aromatic rings. The Morgan fingerprint density at radius 3 is 2.05 bits per heavy atom. The number of para-hydroxylation sites is 1. The Bertz CT molecular complexity index is 621. The van der Waals surface area contributed by atoms with Gasteiger partial charge in [-0.05, 0) is 39.8 Å². The van der Waals surface area contributed by atoms with Crippen LogP contribution in [0.15, 0.2) is 24.3 Å². The molecule has 0 saturated carbocycles. The van der Waals surface area contributed by atoms with Crippen molar-refractivity contribution in [3.8, 4) is 0 Å². The van der Waals surface area contributed by atoms with E-state index in [0.717, 1.165) is 25.2 Å². The third-order valence-electron chi connectivity index (χ3n) is 2.94. The molecule has 2 N–H and O–H groups in total. The van der Waals surface area contributed by atoms with Gasteiger partial charge in [-0.15, -0.1) is 11.3 Å². The molecule has 0 bridgehead atoms. The second kappa shape index (κ2) is 7.44. The largest absolute Gasteiger partial charge is 0.377 e. The van der Waals surface area contributed by atoms with Crippen LogP contribution >= 0.6 is 35.8 Å². The first-order valence-electron chi connectivity index (χ1n) is 7.34. The van der Waals surface area contributed by atoms with E-state index >= 15 is 0 Å². The number of nitrogens with zero attached hydrogens (tertiary/aromatic N) is 1. The summed E-state index contributed by atoms with van der Waals surface area (Å²) in [6.45, 7) is 8.28. The van der Waals surface area contributed by atoms with E-state index in [-0.39, 0.29) is 18.0 Å². The predicted molar refractivity (Wildman–Crippen MR) is 104 cm³/mol. The minimum absolute atomic E-state index is 0.174. The molecule has 0 spiro atoms. The Hall–Kier alpha value is -1.11. The molecule has 0 unspecified atom stereocenters. The number of rotatable bonds is 5. The Morgan fingerprint density at radius 2 is 1.55 bits per heavy atom. The van der Waals surface area contributed by atoms with E-state index in [1.807, 2.05) is 18.2 Å². The fourth-order valence-electron chi connectivity index (χ4n) is 2.09. The molecule has 6 heteroatoms. The van der Waals surface area contributed by atoms with Crippen LogP contribution in [0.4, 0.5) is 0 Å². The van der Waals surface area contributed by atoms with Gasteiger partial charge in [-0.25, -0.2) is 4.98 Å². The van der Waals surface area contributed by atoms with Gasteiger partial charge in [0, 0.05) is 12.1 Å². The zero-order valence-electron chi connectivity index (χ0n) is 13.2. The third kappa shape index (κ3) is 4.21. The Morgan fingerprint density at radius 1 is 1.00 bits per heavy atom. The van der Waals surface area contributed by atoms with E-state index in [0.29, 0.717) is 0 Å². The number of benzene rings is 1. The number of nitrogens with one attached hydrogen (secondary N) is 2. The topological polar surface area (TPSA) is 37.0 Å². The lowest BCUT2D eigenvalue weighted by Crippen LogP contribution is -2.42. The fourth-order valence-corrected chi connectivity index (χ4v) is 4.33. The lowest BCUT2D eigenvalue weighted by molar-refractivity contribution is 0.712. The molecule has 1 heterocycles. The van der Waals surface area contributed by atoms with Gasteiger partial charge in [-0.1, -0.05) is 36.6 Å². The number of fused-ring (bicyclic) bond motifs is 1. The summed E-state index contributed by atoms with van der Waals surface area (Å²) in [5.74, 6) is -0.174. The normalized spacial score (nSPS) is 11.4. The molecule has 2 rings (SSSR count). The van der Waals surface area contributed by atoms with Crippen LogP contribution in [0.1, 0.15) is 38.6 Å². The van der Waals surface area contributed by atoms with Crippen LogP contribution in [0.5, 0.6) is 0 Å². The standard InChI is InChI=1S/C16H21N3S3/c1-9(2)17-14(20)13(15(21)18-10(3)4)16-19-11-7-5-6-8-12(11)22-16/h5-10,13H,1-4H3,(H,17,20)(H,18,21). The van der Waals surface area contributed by atoms with E-state index in [1.165, 1.54) is 0 Å². The second-order valence-electron chi connectivity index (χ2n) is 5.78. The van der Waals surface area contributed by atoms with Crippen molar-refractivity contribution in [3.63, 3.8) is 0 Å². The summed E-state index contributed by atoms with van der Waals surface area (Å²) < 4.78 is 1.15. The molecule has 0 radical (unpaired) electrons. The van der Waals surface area contributed by atoms with E-state index in [9.17, 15) is 0 Å². The summed E-state index contributed by atoms with van der Waals surface area (Å²) in [6, 6.07) is 8.65. The minimum Gasteiger partial charge on any atom is -0.377 e. The predicted octanol–water partition coefficient (Wildman–Crippen LogP) is 4.03. The van der Waals surface area contributed by atoms with Crippen molar-refractivity contribution in [3.05, 3.63) is 29.3 Å². The van der Waals surface area contributed by atoms with Gasteiger partial charge in [0.15, 0.2) is 0 Å². The summed E-state index contributed by atoms with van der Waals surface area (Å²) in [5, 5.41) is 7.56. The van der Waals surface area contributed by atoms with Crippen molar-refractivity contribution >= 4 is 56.0 Å². The first-order valence-corrected chi connectivity index (χ1v) is 8.98. The van der Waals surface area contributed by atoms with Crippen LogP contribution < -0.4 is 10.6 Å². The number of hydrogen-bond donors (Lipinski definition) is 2. The number of hydrogen-bond acceptors (Lipinski definition) is 4. The number of thiazole rings is 1. The van der Waals surface area contributed by atoms with Crippen LogP contribution in [0.3, 0.4) is 0 Å². The van der Waals surface area contributed by atoms with E-state index < -0.39 is 0 Å². The van der Waals surface area contributed by atoms with Crippen molar-refractivity contribution in [2.75, 3.05) is 0 Å². The van der Waals surface area contributed by atoms with Crippen molar-refractivity contribution in [1.29, 1.82) is 0 Å². The second-order valence-corrected chi connectivity index (χ2v) is 7.72. The maximum absolute atomic E-state index is 5.60. The summed E-state index contributed by atoms with van der Waals surface area (Å²) >= 11 is 12.8. The summed E-state index contributed by atoms with van der Waals surface area (Å²) in [5.41, 5.74) is 0.993. The molecule has 0 saturated heterocycles. The molecule has 0 atom stereocenters. The molecule has 0 aliphatic carbocycles. The lowest BCUT2D eigenvalue weighted by Gasteiger charge is -2.22. The highest BCUT2D eigenvalue weighted by molar-refractivity contribution is 7.82. The average molecular weight is 352 g/mol. The molecule has 0 aliphatic heterocycles. The quantitative estimate of drug-likeness (QED) is 0.796. The van der Waals surface area contributed by atoms with Crippen molar-refractivity contribution in [1.82, 2.24) is 15.6 Å². The van der Waals surface area contributed by atoms with E-state index in [4.69, 9.17) is 29.4 Å². The smallest absolute Gasteiger partial charge is 0.111 e. The monoisotopic (exact) mass is 351 g/mol. The maximum Gasteiger partial charge on any atom is 0.111 e. The average Bonchev–Trinajstić information content (AvgIpc) is 2.79. The first-order chi connectivity index (χ1) is 10.4. The molecule has 1 aromatic heterocycles. The Kier molecular flexibility index (Phi) is 5.83. The third-order valence-corrected chi connectivity index (χ3v) is 4.75. The van der Waals surface area contributed by atoms with Gasteiger partial charge >= 0.3 is 0 Å². The molecule has 22 heavy (non-hydrogen) atoms. The highest BCUT2D eigenvalue weighted by Crippen LogP contribution is 2.29. The Balaban J connectivity index is 2.38. The van der Waals surface area contributed by atoms with Crippen LogP contribution in [-0.2, 0) is 0 Å². The zero-order chi connectivity index (χ0) is 16.3. The molecule has 0 fully saturated rings. The SMILES string of the molecule is CC(C)NC(=S)C(C(=S)NC(C)C)c1nc2ccccc2s1. The highest BCUT2D eigenvalue weighted by Gasteiger charge is 2.26. The van der Waals surface area contributed by atoms with Crippen molar-refractivity contribution < 1.29 is 0 Å². The molecule has 1 aromatic carbocycles. The van der Waals surface area contributed by atoms with Gasteiger partial charge in [-0.3, -0.25) is 0 Å². The molecule has 3 nitrogen and oxygen atoms in total. The lowest BCUT2D eigenvalue weighted by atomic mass is 10.1. The minimum atomic E-state index is -0.174. The van der Waals surface area contributed by atoms with E-state index in [1.54, 1.807) is 11.3 Å². The van der Waals surface area contributed by atoms with Gasteiger partial charge in [0.25, 0.3) is 0 Å². The molecular weight excluding hydrogens is 330 g/mol. The number of aromatic nitrogens is 1. The van der Waals surface area contributed by atoms with Crippen molar-refractivity contribution in [2.45, 2.75) is 45.7 Å². The Labute approximate surface area is 146 Å². The molecular formula is C16H21N3S3. The fraction of sp³-hybridized carbons (Fsp3) is 0.438. The molecule has 0 aliphatic rings. The summed E-state index contributed by atoms with van der Waals surface area (Å²) in [6.07, 6.45) is 0. The molecule has 0 amide bonds. The van der Waals surface area contributed by atoms with Crippen LogP contribution in [0.2, 0.25) is 0 Å². The number of thiocarbonyl (C=S) groups is 2. The maximum atomic E-state index is 5.60. The summed E-state index contributed by atoms with van der Waals surface area (Å²) in [7, 11) is 0. The van der Waals surface area contributed by atoms with Gasteiger partial charge in [0.05, 0.1) is 20.2 Å². The molecule has 118 valence electrons. The van der Waals surface area contributed by atoms with Gasteiger partial charge < -0.3 is 10.6 Å². The summed E-state index contributed by atoms with van der Waals surface area (Å²) in [4.78, 5) is 6.19. The van der Waals surface area contributed by atoms with Crippen molar-refractivity contribution in [2.24, 2.45) is 0 Å². The van der Waals surface area contributed by atoms with Gasteiger partial charge in [-0.2, -0.15) is 0 Å². The van der Waals surface area contributed by atoms with Crippen LogP contribution in [0, 0.1) is 0 Å². The first kappa shape index (κ1) is 17.2. The van der Waals surface area contributed by atoms with Gasteiger partial charge in [0.1, 0.15) is 10.9 Å². The van der Waals surface area contributed by atoms with Gasteiger partial charge in [0.2, 0.25) is 0 Å².